The quantitative estimate of drug-likeness (QED) is 0.626. The number of esters is 1. The highest BCUT2D eigenvalue weighted by atomic mass is 32.2. The summed E-state index contributed by atoms with van der Waals surface area (Å²) >= 11 is 2.33. The maximum absolute atomic E-state index is 11.9. The van der Waals surface area contributed by atoms with Crippen molar-refractivity contribution in [2.75, 3.05) is 13.7 Å². The molecule has 2 heterocycles. The molecule has 1 saturated heterocycles. The molecule has 2 rings (SSSR count). The number of methoxy groups -OCH3 is 1. The van der Waals surface area contributed by atoms with Gasteiger partial charge in [-0.3, -0.25) is 19.3 Å². The zero-order chi connectivity index (χ0) is 13.1. The van der Waals surface area contributed by atoms with E-state index in [-0.39, 0.29) is 6.54 Å². The number of hydrogen-bond donors (Lipinski definition) is 0. The van der Waals surface area contributed by atoms with Crippen LogP contribution in [0, 0.1) is 0 Å². The van der Waals surface area contributed by atoms with Gasteiger partial charge >= 0.3 is 5.97 Å². The fourth-order valence-corrected chi connectivity index (χ4v) is 2.79. The number of thioether (sulfide) groups is 1. The van der Waals surface area contributed by atoms with E-state index in [1.54, 1.807) is 6.08 Å². The van der Waals surface area contributed by atoms with Crippen LogP contribution >= 0.6 is 23.1 Å². The Morgan fingerprint density at radius 1 is 1.50 bits per heavy atom. The van der Waals surface area contributed by atoms with Crippen molar-refractivity contribution < 1.29 is 19.1 Å². The van der Waals surface area contributed by atoms with Crippen LogP contribution < -0.4 is 0 Å². The molecule has 0 spiro atoms. The normalized spacial score (nSPS) is 17.6. The summed E-state index contributed by atoms with van der Waals surface area (Å²) in [6, 6.07) is 1.85. The topological polar surface area (TPSA) is 63.7 Å². The summed E-state index contributed by atoms with van der Waals surface area (Å²) in [5.41, 5.74) is 0.864. The number of ether oxygens (including phenoxy) is 1. The molecular formula is C11H9NO4S2. The summed E-state index contributed by atoms with van der Waals surface area (Å²) in [5.74, 6) is -1.07. The Balaban J connectivity index is 2.16. The first-order valence-corrected chi connectivity index (χ1v) is 6.72. The van der Waals surface area contributed by atoms with Gasteiger partial charge in [-0.2, -0.15) is 11.3 Å². The van der Waals surface area contributed by atoms with Crippen LogP contribution in [0.3, 0.4) is 0 Å². The molecule has 1 aromatic heterocycles. The predicted molar refractivity (Wildman–Crippen MR) is 69.0 cm³/mol. The van der Waals surface area contributed by atoms with E-state index in [9.17, 15) is 14.4 Å². The molecule has 0 N–H and O–H groups in total. The lowest BCUT2D eigenvalue weighted by molar-refractivity contribution is -0.143. The van der Waals surface area contributed by atoms with E-state index in [1.165, 1.54) is 18.4 Å². The van der Waals surface area contributed by atoms with E-state index >= 15 is 0 Å². The van der Waals surface area contributed by atoms with E-state index in [1.807, 2.05) is 16.8 Å². The maximum Gasteiger partial charge on any atom is 0.325 e. The monoisotopic (exact) mass is 283 g/mol. The lowest BCUT2D eigenvalue weighted by atomic mass is 10.3. The smallest absolute Gasteiger partial charge is 0.325 e. The molecule has 0 aliphatic carbocycles. The molecule has 18 heavy (non-hydrogen) atoms. The van der Waals surface area contributed by atoms with Crippen LogP contribution in [0.1, 0.15) is 5.56 Å². The van der Waals surface area contributed by atoms with Crippen LogP contribution in [0.4, 0.5) is 4.79 Å². The molecular weight excluding hydrogens is 274 g/mol. The number of rotatable bonds is 3. The highest BCUT2D eigenvalue weighted by Gasteiger charge is 2.36. The molecule has 1 aliphatic rings. The van der Waals surface area contributed by atoms with Gasteiger partial charge in [0.1, 0.15) is 6.54 Å². The maximum atomic E-state index is 11.9. The zero-order valence-electron chi connectivity index (χ0n) is 9.41. The Labute approximate surface area is 111 Å². The summed E-state index contributed by atoms with van der Waals surface area (Å²) in [6.07, 6.45) is 1.64. The molecule has 94 valence electrons. The molecule has 5 nitrogen and oxygen atoms in total. The highest BCUT2D eigenvalue weighted by molar-refractivity contribution is 8.18. The van der Waals surface area contributed by atoms with E-state index in [0.29, 0.717) is 4.91 Å². The molecule has 0 atom stereocenters. The summed E-state index contributed by atoms with van der Waals surface area (Å²) < 4.78 is 4.44. The standard InChI is InChI=1S/C11H9NO4S2/c1-16-9(13)5-12-10(14)8(18-11(12)15)4-7-2-3-17-6-7/h2-4,6H,5H2,1H3/b8-4+. The molecule has 7 heteroatoms. The minimum Gasteiger partial charge on any atom is -0.468 e. The van der Waals surface area contributed by atoms with Crippen molar-refractivity contribution in [1.82, 2.24) is 4.90 Å². The average Bonchev–Trinajstić information content (AvgIpc) is 2.94. The van der Waals surface area contributed by atoms with Crippen molar-refractivity contribution in [3.63, 3.8) is 0 Å². The average molecular weight is 283 g/mol. The van der Waals surface area contributed by atoms with Crippen LogP contribution in [-0.4, -0.2) is 35.7 Å². The summed E-state index contributed by atoms with van der Waals surface area (Å²) in [6.45, 7) is -0.345. The van der Waals surface area contributed by atoms with Crippen LogP contribution in [0.25, 0.3) is 6.08 Å². The first-order chi connectivity index (χ1) is 8.61. The van der Waals surface area contributed by atoms with Crippen molar-refractivity contribution in [3.8, 4) is 0 Å². The summed E-state index contributed by atoms with van der Waals surface area (Å²) in [7, 11) is 1.21. The van der Waals surface area contributed by atoms with Gasteiger partial charge in [-0.05, 0) is 40.2 Å². The molecule has 1 aromatic rings. The highest BCUT2D eigenvalue weighted by Crippen LogP contribution is 2.32. The number of imide groups is 1. The van der Waals surface area contributed by atoms with Gasteiger partial charge in [0.25, 0.3) is 11.1 Å². The number of thiophene rings is 1. The van der Waals surface area contributed by atoms with E-state index in [4.69, 9.17) is 0 Å². The van der Waals surface area contributed by atoms with Crippen molar-refractivity contribution in [3.05, 3.63) is 27.3 Å². The molecule has 0 unspecified atom stereocenters. The van der Waals surface area contributed by atoms with Crippen LogP contribution in [0.15, 0.2) is 21.7 Å². The molecule has 0 saturated carbocycles. The Morgan fingerprint density at radius 2 is 2.28 bits per heavy atom. The Kier molecular flexibility index (Phi) is 3.83. The summed E-state index contributed by atoms with van der Waals surface area (Å²) in [5, 5.41) is 3.30. The first kappa shape index (κ1) is 12.8. The minimum absolute atomic E-state index is 0.322. The third-order valence-corrected chi connectivity index (χ3v) is 3.84. The Hall–Kier alpha value is -1.60. The number of hydrogen-bond acceptors (Lipinski definition) is 6. The summed E-state index contributed by atoms with van der Waals surface area (Å²) in [4.78, 5) is 35.8. The molecule has 0 radical (unpaired) electrons. The molecule has 2 amide bonds. The van der Waals surface area contributed by atoms with Gasteiger partial charge in [0.05, 0.1) is 12.0 Å². The molecule has 0 aromatic carbocycles. The SMILES string of the molecule is COC(=O)CN1C(=O)S/C(=C/c2ccsc2)C1=O. The van der Waals surface area contributed by atoms with Gasteiger partial charge in [-0.15, -0.1) is 0 Å². The van der Waals surface area contributed by atoms with Gasteiger partial charge in [-0.25, -0.2) is 0 Å². The van der Waals surface area contributed by atoms with Gasteiger partial charge in [0.2, 0.25) is 0 Å². The first-order valence-electron chi connectivity index (χ1n) is 4.96. The van der Waals surface area contributed by atoms with Gasteiger partial charge in [0.15, 0.2) is 0 Å². The number of carbonyl (C=O) groups is 3. The second-order valence-corrected chi connectivity index (χ2v) is 5.17. The molecule has 1 aliphatic heterocycles. The zero-order valence-corrected chi connectivity index (χ0v) is 11.0. The third kappa shape index (κ3) is 2.62. The van der Waals surface area contributed by atoms with Gasteiger partial charge in [0, 0.05) is 0 Å². The van der Waals surface area contributed by atoms with Crippen molar-refractivity contribution >= 4 is 46.3 Å². The Bertz CT molecular complexity index is 521. The molecule has 0 bridgehead atoms. The number of carbonyl (C=O) groups excluding carboxylic acids is 3. The van der Waals surface area contributed by atoms with Crippen LogP contribution in [0.5, 0.6) is 0 Å². The fourth-order valence-electron chi connectivity index (χ4n) is 1.34. The molecule has 1 fully saturated rings. The fraction of sp³-hybridized carbons (Fsp3) is 0.182. The number of nitrogens with zero attached hydrogens (tertiary/aromatic N) is 1. The second-order valence-electron chi connectivity index (χ2n) is 3.40. The van der Waals surface area contributed by atoms with Crippen LogP contribution in [-0.2, 0) is 14.3 Å². The van der Waals surface area contributed by atoms with Crippen molar-refractivity contribution in [1.29, 1.82) is 0 Å². The van der Waals surface area contributed by atoms with Crippen molar-refractivity contribution in [2.45, 2.75) is 0 Å². The largest absolute Gasteiger partial charge is 0.468 e. The lowest BCUT2D eigenvalue weighted by Gasteiger charge is -2.09. The van der Waals surface area contributed by atoms with Gasteiger partial charge in [-0.1, -0.05) is 0 Å². The van der Waals surface area contributed by atoms with Crippen molar-refractivity contribution in [2.24, 2.45) is 0 Å². The lowest BCUT2D eigenvalue weighted by Crippen LogP contribution is -2.34. The van der Waals surface area contributed by atoms with Gasteiger partial charge < -0.3 is 4.74 Å². The van der Waals surface area contributed by atoms with Crippen LogP contribution in [0.2, 0.25) is 0 Å². The van der Waals surface area contributed by atoms with E-state index < -0.39 is 17.1 Å². The predicted octanol–water partition coefficient (Wildman–Crippen LogP) is 1.96. The van der Waals surface area contributed by atoms with E-state index in [0.717, 1.165) is 22.2 Å². The van der Waals surface area contributed by atoms with E-state index in [2.05, 4.69) is 4.74 Å². The Morgan fingerprint density at radius 3 is 2.89 bits per heavy atom. The second kappa shape index (κ2) is 5.36. The number of amides is 2. The minimum atomic E-state index is -0.617. The third-order valence-electron chi connectivity index (χ3n) is 2.23.